The zero-order valence-electron chi connectivity index (χ0n) is 26.1. The van der Waals surface area contributed by atoms with Gasteiger partial charge in [-0.3, -0.25) is 4.79 Å². The third-order valence-electron chi connectivity index (χ3n) is 7.80. The molecule has 0 aliphatic carbocycles. The summed E-state index contributed by atoms with van der Waals surface area (Å²) in [7, 11) is -2.05. The van der Waals surface area contributed by atoms with Crippen LogP contribution < -0.4 is 0 Å². The molecule has 0 aromatic carbocycles. The summed E-state index contributed by atoms with van der Waals surface area (Å²) in [5, 5.41) is 0.0976. The van der Waals surface area contributed by atoms with E-state index in [1.807, 2.05) is 13.8 Å². The fourth-order valence-corrected chi connectivity index (χ4v) is 6.08. The molecule has 0 amide bonds. The van der Waals surface area contributed by atoms with Crippen molar-refractivity contribution in [3.05, 3.63) is 23.8 Å². The van der Waals surface area contributed by atoms with Gasteiger partial charge < -0.3 is 18.6 Å². The highest BCUT2D eigenvalue weighted by atomic mass is 28.4. The fraction of sp³-hybridized carbons (Fsp3) is 0.839. The highest BCUT2D eigenvalue weighted by molar-refractivity contribution is 6.74. The molecule has 1 heterocycles. The molecule has 0 unspecified atom stereocenters. The van der Waals surface area contributed by atoms with Crippen LogP contribution in [0.3, 0.4) is 0 Å². The molecule has 5 atom stereocenters. The maximum Gasteiger partial charge on any atom is 0.302 e. The highest BCUT2D eigenvalue weighted by Crippen LogP contribution is 2.40. The summed E-state index contributed by atoms with van der Waals surface area (Å²) >= 11 is 0. The van der Waals surface area contributed by atoms with E-state index in [1.165, 1.54) is 12.5 Å². The van der Waals surface area contributed by atoms with Gasteiger partial charge in [-0.05, 0) is 71.5 Å². The minimum atomic E-state index is -2.05. The first kappa shape index (κ1) is 34.1. The van der Waals surface area contributed by atoms with Crippen molar-refractivity contribution in [2.24, 2.45) is 5.92 Å². The number of rotatable bonds is 14. The molecule has 1 rings (SSSR count). The van der Waals surface area contributed by atoms with Gasteiger partial charge in [0.2, 0.25) is 0 Å². The number of unbranched alkanes of at least 4 members (excludes halogenated alkanes) is 1. The van der Waals surface area contributed by atoms with E-state index in [4.69, 9.17) is 18.6 Å². The SMILES string of the molecule is C/C=C\CCC[C@@H]1C[C@@H]([C@H](C)[C@@H](/C=C(\C)C[C@@H](CCC)OC(C)=O)O[Si](C)(C)C(C)(C)C)OC(C)(C)O1. The minimum Gasteiger partial charge on any atom is -0.462 e. The minimum absolute atomic E-state index is 0.0363. The van der Waals surface area contributed by atoms with Crippen LogP contribution in [0, 0.1) is 5.92 Å². The van der Waals surface area contributed by atoms with E-state index >= 15 is 0 Å². The second-order valence-electron chi connectivity index (χ2n) is 13.0. The number of hydrogen-bond donors (Lipinski definition) is 0. The molecule has 1 saturated heterocycles. The number of esters is 1. The Kier molecular flexibility index (Phi) is 13.8. The Bertz CT molecular complexity index is 749. The maximum atomic E-state index is 11.7. The Morgan fingerprint density at radius 3 is 2.38 bits per heavy atom. The zero-order valence-corrected chi connectivity index (χ0v) is 27.1. The molecule has 0 saturated carbocycles. The van der Waals surface area contributed by atoms with Gasteiger partial charge in [-0.1, -0.05) is 64.8 Å². The Morgan fingerprint density at radius 1 is 1.19 bits per heavy atom. The van der Waals surface area contributed by atoms with Crippen molar-refractivity contribution < 1.29 is 23.4 Å². The summed E-state index contributed by atoms with van der Waals surface area (Å²) in [5.74, 6) is -0.680. The summed E-state index contributed by atoms with van der Waals surface area (Å²) in [6, 6.07) is 0. The quantitative estimate of drug-likeness (QED) is 0.0957. The second kappa shape index (κ2) is 15.0. The summed E-state index contributed by atoms with van der Waals surface area (Å²) < 4.78 is 25.5. The summed E-state index contributed by atoms with van der Waals surface area (Å²) in [6.45, 7) is 25.6. The molecule has 0 spiro atoms. The molecule has 5 nitrogen and oxygen atoms in total. The number of ether oxygens (including phenoxy) is 3. The van der Waals surface area contributed by atoms with Gasteiger partial charge in [0, 0.05) is 25.7 Å². The van der Waals surface area contributed by atoms with E-state index in [1.54, 1.807) is 0 Å². The van der Waals surface area contributed by atoms with E-state index in [2.05, 4.69) is 79.8 Å². The Morgan fingerprint density at radius 2 is 1.84 bits per heavy atom. The standard InChI is InChI=1S/C31H58O5Si/c1-13-15-16-17-19-27-22-28(35-31(9,10)34-27)24(4)29(36-37(11,12)30(6,7)8)21-23(3)20-26(18-14-2)33-25(5)32/h13,15,21,24,26-29H,14,16-20,22H2,1-12H3/b15-13-,23-21+/t24-,26+,27+,28-,29+/m0/s1. The summed E-state index contributed by atoms with van der Waals surface area (Å²) in [6.07, 6.45) is 13.3. The molecular weight excluding hydrogens is 480 g/mol. The smallest absolute Gasteiger partial charge is 0.302 e. The number of hydrogen-bond acceptors (Lipinski definition) is 5. The molecule has 1 fully saturated rings. The van der Waals surface area contributed by atoms with Gasteiger partial charge >= 0.3 is 5.97 Å². The maximum absolute atomic E-state index is 11.7. The third kappa shape index (κ3) is 12.2. The van der Waals surface area contributed by atoms with E-state index in [-0.39, 0.29) is 41.3 Å². The molecule has 37 heavy (non-hydrogen) atoms. The first-order valence-corrected chi connectivity index (χ1v) is 17.4. The van der Waals surface area contributed by atoms with Gasteiger partial charge in [0.15, 0.2) is 14.1 Å². The van der Waals surface area contributed by atoms with E-state index < -0.39 is 14.1 Å². The highest BCUT2D eigenvalue weighted by Gasteiger charge is 2.44. The van der Waals surface area contributed by atoms with Gasteiger partial charge in [-0.15, -0.1) is 0 Å². The molecule has 216 valence electrons. The van der Waals surface area contributed by atoms with Crippen LogP contribution in [0.25, 0.3) is 0 Å². The molecule has 1 aliphatic heterocycles. The molecule has 0 N–H and O–H groups in total. The first-order valence-electron chi connectivity index (χ1n) is 14.5. The predicted octanol–water partition coefficient (Wildman–Crippen LogP) is 8.74. The van der Waals surface area contributed by atoms with Crippen LogP contribution >= 0.6 is 0 Å². The fourth-order valence-electron chi connectivity index (χ4n) is 4.77. The predicted molar refractivity (Wildman–Crippen MR) is 157 cm³/mol. The van der Waals surface area contributed by atoms with Crippen LogP contribution in [0.5, 0.6) is 0 Å². The van der Waals surface area contributed by atoms with Crippen molar-refractivity contribution in [1.82, 2.24) is 0 Å². The van der Waals surface area contributed by atoms with Crippen molar-refractivity contribution in [3.8, 4) is 0 Å². The lowest BCUT2D eigenvalue weighted by molar-refractivity contribution is -0.310. The largest absolute Gasteiger partial charge is 0.462 e. The molecule has 6 heteroatoms. The molecule has 0 aromatic rings. The first-order chi connectivity index (χ1) is 17.0. The number of allylic oxidation sites excluding steroid dienone is 2. The Labute approximate surface area is 229 Å². The summed E-state index contributed by atoms with van der Waals surface area (Å²) in [5.41, 5.74) is 1.20. The number of carbonyl (C=O) groups excluding carboxylic acids is 1. The van der Waals surface area contributed by atoms with Crippen LogP contribution in [0.1, 0.15) is 114 Å². The average molecular weight is 539 g/mol. The lowest BCUT2D eigenvalue weighted by Crippen LogP contribution is -2.51. The van der Waals surface area contributed by atoms with Gasteiger partial charge in [0.05, 0.1) is 18.3 Å². The van der Waals surface area contributed by atoms with Crippen LogP contribution in [-0.2, 0) is 23.4 Å². The van der Waals surface area contributed by atoms with E-state index in [0.29, 0.717) is 0 Å². The molecule has 0 radical (unpaired) electrons. The van der Waals surface area contributed by atoms with Gasteiger partial charge in [0.25, 0.3) is 0 Å². The Hall–Kier alpha value is -0.953. The van der Waals surface area contributed by atoms with Crippen molar-refractivity contribution in [2.45, 2.75) is 163 Å². The van der Waals surface area contributed by atoms with E-state index in [0.717, 1.165) is 44.9 Å². The van der Waals surface area contributed by atoms with Crippen molar-refractivity contribution in [3.63, 3.8) is 0 Å². The van der Waals surface area contributed by atoms with Gasteiger partial charge in [-0.25, -0.2) is 0 Å². The van der Waals surface area contributed by atoms with Crippen LogP contribution in [0.2, 0.25) is 18.1 Å². The molecular formula is C31H58O5Si. The number of carbonyl (C=O) groups is 1. The average Bonchev–Trinajstić information content (AvgIpc) is 2.73. The molecule has 1 aliphatic rings. The molecule has 0 bridgehead atoms. The van der Waals surface area contributed by atoms with Crippen LogP contribution in [-0.4, -0.2) is 44.5 Å². The lowest BCUT2D eigenvalue weighted by Gasteiger charge is -2.46. The normalized spacial score (nSPS) is 23.6. The van der Waals surface area contributed by atoms with Crippen LogP contribution in [0.15, 0.2) is 23.8 Å². The lowest BCUT2D eigenvalue weighted by atomic mass is 9.89. The van der Waals surface area contributed by atoms with Crippen molar-refractivity contribution in [1.29, 1.82) is 0 Å². The van der Waals surface area contributed by atoms with Crippen molar-refractivity contribution >= 4 is 14.3 Å². The second-order valence-corrected chi connectivity index (χ2v) is 17.7. The molecule has 0 aromatic heterocycles. The summed E-state index contributed by atoms with van der Waals surface area (Å²) in [4.78, 5) is 11.7. The van der Waals surface area contributed by atoms with Gasteiger partial charge in [0.1, 0.15) is 6.10 Å². The van der Waals surface area contributed by atoms with Crippen LogP contribution in [0.4, 0.5) is 0 Å². The van der Waals surface area contributed by atoms with Gasteiger partial charge in [-0.2, -0.15) is 0 Å². The zero-order chi connectivity index (χ0) is 28.4. The van der Waals surface area contributed by atoms with E-state index in [9.17, 15) is 4.79 Å². The Balaban J connectivity index is 3.21. The topological polar surface area (TPSA) is 54.0 Å². The monoisotopic (exact) mass is 538 g/mol. The van der Waals surface area contributed by atoms with Crippen molar-refractivity contribution in [2.75, 3.05) is 0 Å². The third-order valence-corrected chi connectivity index (χ3v) is 12.3.